The first kappa shape index (κ1) is 29.1. The minimum atomic E-state index is -4.99. The maximum Gasteiger partial charge on any atom is 0.423 e. The van der Waals surface area contributed by atoms with Crippen LogP contribution in [0.4, 0.5) is 40.8 Å². The molecule has 0 saturated carbocycles. The summed E-state index contributed by atoms with van der Waals surface area (Å²) >= 11 is 0. The standard InChI is InChI=1S/C26H20F8N6O2/c27-15-7-16(40(12-15)20-11-37-38-23(41)21(20)26(32,33)34)2-1-4-39-5-3-13-6-18(19(28)8-17(13)24(39)42)22-35-9-14(10-36-22)25(29,30)31/h3,5-6,8-11,15-16H,1-2,4,7,12H2,(H,38,41)/t15-,16-/m1/s1. The normalized spacial score (nSPS) is 17.8. The molecule has 5 rings (SSSR count). The molecule has 3 aromatic heterocycles. The van der Waals surface area contributed by atoms with Crippen LogP contribution in [0.3, 0.4) is 0 Å². The van der Waals surface area contributed by atoms with E-state index in [1.165, 1.54) is 27.8 Å². The van der Waals surface area contributed by atoms with Gasteiger partial charge in [0.25, 0.3) is 11.1 Å². The Morgan fingerprint density at radius 2 is 1.71 bits per heavy atom. The second-order valence-corrected chi connectivity index (χ2v) is 9.77. The molecule has 0 amide bonds. The molecule has 1 aliphatic rings. The number of alkyl halides is 7. The lowest BCUT2D eigenvalue weighted by Crippen LogP contribution is -2.35. The summed E-state index contributed by atoms with van der Waals surface area (Å²) in [5, 5.41) is 5.44. The van der Waals surface area contributed by atoms with Gasteiger partial charge < -0.3 is 9.47 Å². The van der Waals surface area contributed by atoms with E-state index < -0.39 is 58.3 Å². The van der Waals surface area contributed by atoms with Crippen molar-refractivity contribution in [2.24, 2.45) is 0 Å². The van der Waals surface area contributed by atoms with Crippen molar-refractivity contribution in [2.45, 2.75) is 50.4 Å². The van der Waals surface area contributed by atoms with Gasteiger partial charge in [0.2, 0.25) is 0 Å². The minimum Gasteiger partial charge on any atom is -0.364 e. The molecule has 16 heteroatoms. The number of hydrogen-bond donors (Lipinski definition) is 1. The first-order chi connectivity index (χ1) is 19.7. The third-order valence-electron chi connectivity index (χ3n) is 7.01. The van der Waals surface area contributed by atoms with Crippen LogP contribution in [0.2, 0.25) is 0 Å². The predicted molar refractivity (Wildman–Crippen MR) is 134 cm³/mol. The first-order valence-electron chi connectivity index (χ1n) is 12.5. The maximum atomic E-state index is 14.9. The number of nitrogens with zero attached hydrogens (tertiary/aromatic N) is 5. The third-order valence-corrected chi connectivity index (χ3v) is 7.01. The lowest BCUT2D eigenvalue weighted by molar-refractivity contribution is -0.139. The van der Waals surface area contributed by atoms with Crippen molar-refractivity contribution < 1.29 is 35.1 Å². The van der Waals surface area contributed by atoms with Crippen LogP contribution in [0.1, 0.15) is 30.4 Å². The average Bonchev–Trinajstić information content (AvgIpc) is 3.29. The Bertz CT molecular complexity index is 1730. The molecule has 0 aliphatic carbocycles. The molecule has 222 valence electrons. The zero-order valence-corrected chi connectivity index (χ0v) is 21.3. The smallest absolute Gasteiger partial charge is 0.364 e. The van der Waals surface area contributed by atoms with Crippen LogP contribution in [-0.4, -0.2) is 43.5 Å². The van der Waals surface area contributed by atoms with Gasteiger partial charge in [-0.05, 0) is 36.4 Å². The Balaban J connectivity index is 1.34. The molecule has 0 spiro atoms. The summed E-state index contributed by atoms with van der Waals surface area (Å²) in [5.74, 6) is -1.23. The monoisotopic (exact) mass is 600 g/mol. The van der Waals surface area contributed by atoms with Gasteiger partial charge in [0.05, 0.1) is 28.4 Å². The summed E-state index contributed by atoms with van der Waals surface area (Å²) in [7, 11) is 0. The van der Waals surface area contributed by atoms with Gasteiger partial charge in [-0.2, -0.15) is 31.4 Å². The molecular weight excluding hydrogens is 580 g/mol. The Morgan fingerprint density at radius 3 is 2.38 bits per heavy atom. The van der Waals surface area contributed by atoms with E-state index in [1.807, 2.05) is 0 Å². The van der Waals surface area contributed by atoms with E-state index in [0.717, 1.165) is 12.3 Å². The molecule has 1 aliphatic heterocycles. The second-order valence-electron chi connectivity index (χ2n) is 9.77. The summed E-state index contributed by atoms with van der Waals surface area (Å²) in [4.78, 5) is 33.3. The molecular formula is C26H20F8N6O2. The van der Waals surface area contributed by atoms with E-state index in [9.17, 15) is 44.7 Å². The molecule has 1 aromatic carbocycles. The van der Waals surface area contributed by atoms with E-state index in [2.05, 4.69) is 15.1 Å². The lowest BCUT2D eigenvalue weighted by atomic mass is 10.1. The number of hydrogen-bond acceptors (Lipinski definition) is 6. The summed E-state index contributed by atoms with van der Waals surface area (Å²) in [6.45, 7) is -0.291. The Labute approximate surface area is 230 Å². The van der Waals surface area contributed by atoms with Gasteiger partial charge in [-0.25, -0.2) is 23.8 Å². The van der Waals surface area contributed by atoms with Crippen LogP contribution in [0.5, 0.6) is 0 Å². The summed E-state index contributed by atoms with van der Waals surface area (Å²) in [6.07, 6.45) is -7.48. The molecule has 0 bridgehead atoms. The van der Waals surface area contributed by atoms with E-state index in [0.29, 0.717) is 12.4 Å². The van der Waals surface area contributed by atoms with Crippen LogP contribution < -0.4 is 16.0 Å². The molecule has 2 atom stereocenters. The quantitative estimate of drug-likeness (QED) is 0.309. The number of fused-ring (bicyclic) bond motifs is 1. The zero-order chi connectivity index (χ0) is 30.4. The molecule has 0 unspecified atom stereocenters. The highest BCUT2D eigenvalue weighted by Gasteiger charge is 2.42. The topological polar surface area (TPSA) is 96.8 Å². The van der Waals surface area contributed by atoms with Crippen molar-refractivity contribution in [1.29, 1.82) is 0 Å². The molecule has 1 N–H and O–H groups in total. The van der Waals surface area contributed by atoms with Gasteiger partial charge in [0.15, 0.2) is 5.82 Å². The van der Waals surface area contributed by atoms with Crippen molar-refractivity contribution in [3.8, 4) is 11.4 Å². The van der Waals surface area contributed by atoms with Crippen molar-refractivity contribution in [3.63, 3.8) is 0 Å². The fourth-order valence-corrected chi connectivity index (χ4v) is 5.07. The van der Waals surface area contributed by atoms with Gasteiger partial charge in [-0.15, -0.1) is 0 Å². The van der Waals surface area contributed by atoms with E-state index in [1.54, 1.807) is 5.10 Å². The van der Waals surface area contributed by atoms with Crippen molar-refractivity contribution in [2.75, 3.05) is 11.4 Å². The van der Waals surface area contributed by atoms with Crippen molar-refractivity contribution in [3.05, 3.63) is 80.6 Å². The summed E-state index contributed by atoms with van der Waals surface area (Å²) in [6, 6.07) is 2.95. The van der Waals surface area contributed by atoms with Crippen LogP contribution in [-0.2, 0) is 18.9 Å². The Morgan fingerprint density at radius 1 is 1.00 bits per heavy atom. The number of aromatic amines is 1. The number of pyridine rings is 1. The Hall–Kier alpha value is -4.37. The van der Waals surface area contributed by atoms with Gasteiger partial charge in [-0.3, -0.25) is 9.59 Å². The summed E-state index contributed by atoms with van der Waals surface area (Å²) in [5.41, 5.74) is -5.33. The van der Waals surface area contributed by atoms with E-state index in [-0.39, 0.29) is 54.5 Å². The maximum absolute atomic E-state index is 14.9. The zero-order valence-electron chi connectivity index (χ0n) is 21.3. The number of aryl methyl sites for hydroxylation is 1. The van der Waals surface area contributed by atoms with E-state index in [4.69, 9.17) is 0 Å². The molecule has 0 radical (unpaired) electrons. The minimum absolute atomic E-state index is 0.0265. The Kier molecular flexibility index (Phi) is 7.49. The van der Waals surface area contributed by atoms with Gasteiger partial charge >= 0.3 is 12.4 Å². The van der Waals surface area contributed by atoms with E-state index >= 15 is 0 Å². The number of aromatic nitrogens is 5. The third kappa shape index (κ3) is 5.69. The van der Waals surface area contributed by atoms with Crippen molar-refractivity contribution >= 4 is 16.5 Å². The second kappa shape index (κ2) is 10.8. The molecule has 1 saturated heterocycles. The number of H-pyrrole nitrogens is 1. The predicted octanol–water partition coefficient (Wildman–Crippen LogP) is 5.12. The van der Waals surface area contributed by atoms with Gasteiger partial charge in [0, 0.05) is 44.1 Å². The number of rotatable bonds is 6. The van der Waals surface area contributed by atoms with Crippen LogP contribution >= 0.6 is 0 Å². The van der Waals surface area contributed by atoms with Gasteiger partial charge in [0.1, 0.15) is 17.6 Å². The fourth-order valence-electron chi connectivity index (χ4n) is 5.07. The molecule has 4 heterocycles. The average molecular weight is 600 g/mol. The molecule has 8 nitrogen and oxygen atoms in total. The van der Waals surface area contributed by atoms with Crippen LogP contribution in [0, 0.1) is 5.82 Å². The number of halogens is 8. The molecule has 4 aromatic rings. The number of nitrogens with one attached hydrogen (secondary N) is 1. The molecule has 1 fully saturated rings. The number of anilines is 1. The highest BCUT2D eigenvalue weighted by Crippen LogP contribution is 2.38. The van der Waals surface area contributed by atoms with Crippen molar-refractivity contribution in [1.82, 2.24) is 24.7 Å². The SMILES string of the molecule is O=c1[nH]ncc(N2C[C@H](F)C[C@H]2CCCn2ccc3cc(-c4ncc(C(F)(F)F)cn4)c(F)cc3c2=O)c1C(F)(F)F. The highest BCUT2D eigenvalue weighted by atomic mass is 19.4. The fraction of sp³-hybridized carbons (Fsp3) is 0.346. The largest absolute Gasteiger partial charge is 0.423 e. The van der Waals surface area contributed by atoms with Crippen LogP contribution in [0.25, 0.3) is 22.2 Å². The highest BCUT2D eigenvalue weighted by molar-refractivity contribution is 5.86. The first-order valence-corrected chi connectivity index (χ1v) is 12.5. The number of benzene rings is 1. The van der Waals surface area contributed by atoms with Gasteiger partial charge in [-0.1, -0.05) is 0 Å². The molecule has 42 heavy (non-hydrogen) atoms. The van der Waals surface area contributed by atoms with Crippen LogP contribution in [0.15, 0.2) is 52.6 Å². The lowest BCUT2D eigenvalue weighted by Gasteiger charge is -2.28. The summed E-state index contributed by atoms with van der Waals surface area (Å²) < 4.78 is 110.